The van der Waals surface area contributed by atoms with E-state index in [-0.39, 0.29) is 48.5 Å². The van der Waals surface area contributed by atoms with E-state index in [1.165, 1.54) is 6.07 Å². The van der Waals surface area contributed by atoms with Gasteiger partial charge in [-0.05, 0) is 51.1 Å². The van der Waals surface area contributed by atoms with Crippen molar-refractivity contribution in [3.8, 4) is 0 Å². The number of carbonyl (C=O) groups is 1. The molecule has 2 unspecified atom stereocenters. The van der Waals surface area contributed by atoms with Crippen LogP contribution in [-0.4, -0.2) is 43.5 Å². The molecule has 4 nitrogen and oxygen atoms in total. The van der Waals surface area contributed by atoms with Crippen LogP contribution in [0.2, 0.25) is 0 Å². The summed E-state index contributed by atoms with van der Waals surface area (Å²) in [6, 6.07) is 6.96. The van der Waals surface area contributed by atoms with Gasteiger partial charge in [0.1, 0.15) is 5.82 Å². The van der Waals surface area contributed by atoms with Crippen LogP contribution in [0.5, 0.6) is 0 Å². The Morgan fingerprint density at radius 2 is 2.17 bits per heavy atom. The number of piperidine rings is 1. The molecule has 7 heteroatoms. The van der Waals surface area contributed by atoms with Gasteiger partial charge in [0, 0.05) is 25.7 Å². The van der Waals surface area contributed by atoms with Crippen molar-refractivity contribution in [1.29, 1.82) is 0 Å². The molecule has 138 valence electrons. The van der Waals surface area contributed by atoms with Gasteiger partial charge in [-0.3, -0.25) is 9.69 Å². The predicted octanol–water partition coefficient (Wildman–Crippen LogP) is 2.61. The van der Waals surface area contributed by atoms with Gasteiger partial charge in [0.15, 0.2) is 0 Å². The molecule has 1 saturated heterocycles. The maximum Gasteiger partial charge on any atom is 0.224 e. The van der Waals surface area contributed by atoms with Gasteiger partial charge in [-0.15, -0.1) is 24.8 Å². The summed E-state index contributed by atoms with van der Waals surface area (Å²) in [6.45, 7) is 5.10. The highest BCUT2D eigenvalue weighted by Gasteiger charge is 2.25. The highest BCUT2D eigenvalue weighted by Crippen LogP contribution is 2.19. The number of amides is 1. The van der Waals surface area contributed by atoms with E-state index in [2.05, 4.69) is 15.5 Å². The topological polar surface area (TPSA) is 44.4 Å². The molecule has 1 aliphatic rings. The average Bonchev–Trinajstić information content (AvgIpc) is 2.52. The van der Waals surface area contributed by atoms with Gasteiger partial charge in [0.25, 0.3) is 0 Å². The molecule has 0 spiro atoms. The van der Waals surface area contributed by atoms with Gasteiger partial charge in [-0.25, -0.2) is 4.39 Å². The Kier molecular flexibility index (Phi) is 11.2. The molecule has 2 atom stereocenters. The summed E-state index contributed by atoms with van der Waals surface area (Å²) in [5, 5.41) is 6.12. The Bertz CT molecular complexity index is 504. The lowest BCUT2D eigenvalue weighted by Gasteiger charge is -2.32. The van der Waals surface area contributed by atoms with Gasteiger partial charge in [-0.2, -0.15) is 0 Å². The third kappa shape index (κ3) is 7.34. The number of carbonyl (C=O) groups excluding carboxylic acids is 1. The molecule has 1 fully saturated rings. The lowest BCUT2D eigenvalue weighted by atomic mass is 9.96. The number of nitrogens with one attached hydrogen (secondary N) is 2. The molecule has 1 amide bonds. The normalized spacial score (nSPS) is 18.9. The summed E-state index contributed by atoms with van der Waals surface area (Å²) in [5.41, 5.74) is 0.963. The van der Waals surface area contributed by atoms with Crippen molar-refractivity contribution < 1.29 is 9.18 Å². The summed E-state index contributed by atoms with van der Waals surface area (Å²) >= 11 is 0. The molecule has 1 aromatic carbocycles. The quantitative estimate of drug-likeness (QED) is 0.798. The predicted molar refractivity (Wildman–Crippen MR) is 100 cm³/mol. The molecule has 1 heterocycles. The Morgan fingerprint density at radius 1 is 1.42 bits per heavy atom. The van der Waals surface area contributed by atoms with Crippen LogP contribution in [0, 0.1) is 11.7 Å². The number of likely N-dealkylation sites (N-methyl/N-ethyl adjacent to an activating group) is 1. The van der Waals surface area contributed by atoms with Crippen molar-refractivity contribution in [2.45, 2.75) is 32.4 Å². The van der Waals surface area contributed by atoms with Crippen LogP contribution in [0.1, 0.15) is 25.3 Å². The van der Waals surface area contributed by atoms with Crippen molar-refractivity contribution in [3.63, 3.8) is 0 Å². The van der Waals surface area contributed by atoms with Crippen LogP contribution in [0.15, 0.2) is 24.3 Å². The molecular formula is C17H28Cl2FN3O. The Balaban J connectivity index is 0.00000264. The largest absolute Gasteiger partial charge is 0.354 e. The summed E-state index contributed by atoms with van der Waals surface area (Å²) in [5.74, 6) is -0.0396. The van der Waals surface area contributed by atoms with E-state index in [0.717, 1.165) is 31.5 Å². The van der Waals surface area contributed by atoms with E-state index in [1.807, 2.05) is 20.0 Å². The average molecular weight is 380 g/mol. The maximum atomic E-state index is 13.2. The molecule has 0 saturated carbocycles. The van der Waals surface area contributed by atoms with Crippen LogP contribution in [0.3, 0.4) is 0 Å². The van der Waals surface area contributed by atoms with Crippen molar-refractivity contribution >= 4 is 30.7 Å². The molecule has 0 radical (unpaired) electrons. The first kappa shape index (κ1) is 23.1. The minimum Gasteiger partial charge on any atom is -0.354 e. The van der Waals surface area contributed by atoms with Crippen molar-refractivity contribution in [3.05, 3.63) is 35.6 Å². The summed E-state index contributed by atoms with van der Waals surface area (Å²) in [6.07, 6.45) is 1.94. The van der Waals surface area contributed by atoms with Crippen molar-refractivity contribution in [1.82, 2.24) is 15.5 Å². The van der Waals surface area contributed by atoms with Crippen LogP contribution < -0.4 is 10.6 Å². The van der Waals surface area contributed by atoms with Crippen LogP contribution >= 0.6 is 24.8 Å². The van der Waals surface area contributed by atoms with Gasteiger partial charge in [-0.1, -0.05) is 12.1 Å². The second-order valence-electron chi connectivity index (χ2n) is 6.14. The van der Waals surface area contributed by atoms with Gasteiger partial charge in [0.2, 0.25) is 5.91 Å². The lowest BCUT2D eigenvalue weighted by molar-refractivity contribution is -0.126. The Hall–Kier alpha value is -0.880. The molecular weight excluding hydrogens is 352 g/mol. The zero-order valence-corrected chi connectivity index (χ0v) is 15.9. The first-order valence-corrected chi connectivity index (χ1v) is 8.00. The van der Waals surface area contributed by atoms with Crippen LogP contribution in [-0.2, 0) is 11.3 Å². The van der Waals surface area contributed by atoms with E-state index in [0.29, 0.717) is 13.1 Å². The first-order valence-electron chi connectivity index (χ1n) is 8.00. The number of nitrogens with zero attached hydrogens (tertiary/aromatic N) is 1. The molecule has 1 aromatic rings. The minimum absolute atomic E-state index is 0. The van der Waals surface area contributed by atoms with E-state index in [4.69, 9.17) is 0 Å². The summed E-state index contributed by atoms with van der Waals surface area (Å²) in [7, 11) is 1.89. The number of hydrogen-bond acceptors (Lipinski definition) is 3. The Morgan fingerprint density at radius 3 is 2.83 bits per heavy atom. The van der Waals surface area contributed by atoms with Gasteiger partial charge in [0.05, 0.1) is 5.92 Å². The molecule has 2 rings (SSSR count). The monoisotopic (exact) mass is 379 g/mol. The first-order chi connectivity index (χ1) is 10.6. The second-order valence-corrected chi connectivity index (χ2v) is 6.14. The third-order valence-corrected chi connectivity index (χ3v) is 4.25. The second kappa shape index (κ2) is 11.6. The molecule has 0 bridgehead atoms. The molecule has 0 aromatic heterocycles. The van der Waals surface area contributed by atoms with Crippen LogP contribution in [0.25, 0.3) is 0 Å². The molecule has 24 heavy (non-hydrogen) atoms. The fraction of sp³-hybridized carbons (Fsp3) is 0.588. The highest BCUT2D eigenvalue weighted by atomic mass is 35.5. The SMILES string of the molecule is CNC(C)CNC(=O)C1CCCN(Cc2cccc(F)c2)C1.Cl.Cl. The van der Waals surface area contributed by atoms with Crippen molar-refractivity contribution in [2.75, 3.05) is 26.7 Å². The zero-order valence-electron chi connectivity index (χ0n) is 14.3. The Labute approximate surface area is 156 Å². The molecule has 2 N–H and O–H groups in total. The molecule has 1 aliphatic heterocycles. The maximum absolute atomic E-state index is 13.2. The number of likely N-dealkylation sites (tertiary alicyclic amines) is 1. The molecule has 0 aliphatic carbocycles. The van der Waals surface area contributed by atoms with E-state index >= 15 is 0 Å². The van der Waals surface area contributed by atoms with E-state index < -0.39 is 0 Å². The van der Waals surface area contributed by atoms with E-state index in [1.54, 1.807) is 12.1 Å². The summed E-state index contributed by atoms with van der Waals surface area (Å²) in [4.78, 5) is 14.5. The van der Waals surface area contributed by atoms with Crippen molar-refractivity contribution in [2.24, 2.45) is 5.92 Å². The van der Waals surface area contributed by atoms with Gasteiger partial charge < -0.3 is 10.6 Å². The third-order valence-electron chi connectivity index (χ3n) is 4.25. The standard InChI is InChI=1S/C17H26FN3O.2ClH/c1-13(19-2)10-20-17(22)15-6-4-8-21(12-15)11-14-5-3-7-16(18)9-14;;/h3,5,7,9,13,15,19H,4,6,8,10-12H2,1-2H3,(H,20,22);2*1H. The highest BCUT2D eigenvalue weighted by molar-refractivity contribution is 5.85. The number of halogens is 3. The number of rotatable bonds is 6. The zero-order chi connectivity index (χ0) is 15.9. The van der Waals surface area contributed by atoms with Crippen LogP contribution in [0.4, 0.5) is 4.39 Å². The van der Waals surface area contributed by atoms with Gasteiger partial charge >= 0.3 is 0 Å². The fourth-order valence-electron chi connectivity index (χ4n) is 2.81. The minimum atomic E-state index is -0.204. The summed E-state index contributed by atoms with van der Waals surface area (Å²) < 4.78 is 13.2. The fourth-order valence-corrected chi connectivity index (χ4v) is 2.81. The smallest absolute Gasteiger partial charge is 0.224 e. The van der Waals surface area contributed by atoms with E-state index in [9.17, 15) is 9.18 Å². The number of hydrogen-bond donors (Lipinski definition) is 2. The lowest BCUT2D eigenvalue weighted by Crippen LogP contribution is -2.45. The number of benzene rings is 1.